The van der Waals surface area contributed by atoms with Gasteiger partial charge in [0.05, 0.1) is 7.11 Å². The highest BCUT2D eigenvalue weighted by atomic mass is 16.5. The number of anilines is 2. The zero-order chi connectivity index (χ0) is 31.2. The lowest BCUT2D eigenvalue weighted by atomic mass is 10.1. The maximum Gasteiger partial charge on any atom is 0.305 e. The lowest BCUT2D eigenvalue weighted by Crippen LogP contribution is -2.12. The summed E-state index contributed by atoms with van der Waals surface area (Å²) in [6.07, 6.45) is 8.49. The van der Waals surface area contributed by atoms with E-state index in [2.05, 4.69) is 45.7 Å². The van der Waals surface area contributed by atoms with Crippen LogP contribution in [0, 0.1) is 0 Å². The summed E-state index contributed by atoms with van der Waals surface area (Å²) in [4.78, 5) is 64.0. The van der Waals surface area contributed by atoms with Gasteiger partial charge in [0.2, 0.25) is 0 Å². The van der Waals surface area contributed by atoms with Gasteiger partial charge in [0.15, 0.2) is 23.2 Å². The van der Waals surface area contributed by atoms with E-state index in [0.29, 0.717) is 46.7 Å². The van der Waals surface area contributed by atoms with Gasteiger partial charge in [-0.15, -0.1) is 0 Å². The molecule has 6 rings (SSSR count). The standard InChI is InChI=1S/C17H20N4O4.C13H14N4O2/c1-25-16(23)4-2-3-14(22)11-7-13(18-9-11)17(24)19-15-8-12(20-21-15)10-5-6-10;1-7(18)9-4-11(14-6-9)13(19)15-12-5-10(16-17-12)8-2-3-8/h7-10,18H,2-6H2,1H3,(H2,19,20,21,24);4-6,8,14H,2-3H2,1H3,(H2,15,16,17,19). The van der Waals surface area contributed by atoms with E-state index < -0.39 is 0 Å². The monoisotopic (exact) mass is 602 g/mol. The first-order valence-electron chi connectivity index (χ1n) is 14.4. The number of carbonyl (C=O) groups is 5. The maximum atomic E-state index is 12.2. The van der Waals surface area contributed by atoms with Gasteiger partial charge < -0.3 is 25.3 Å². The summed E-state index contributed by atoms with van der Waals surface area (Å²) < 4.78 is 4.53. The van der Waals surface area contributed by atoms with Crippen LogP contribution in [0.25, 0.3) is 0 Å². The fourth-order valence-corrected chi connectivity index (χ4v) is 4.43. The van der Waals surface area contributed by atoms with Crippen molar-refractivity contribution in [3.05, 3.63) is 70.6 Å². The maximum absolute atomic E-state index is 12.2. The van der Waals surface area contributed by atoms with Crippen LogP contribution in [0.3, 0.4) is 0 Å². The molecule has 0 atom stereocenters. The molecule has 2 aliphatic carbocycles. The fraction of sp³-hybridized carbons (Fsp3) is 0.367. The molecule has 4 aromatic rings. The lowest BCUT2D eigenvalue weighted by molar-refractivity contribution is -0.140. The number of rotatable bonds is 12. The van der Waals surface area contributed by atoms with E-state index in [-0.39, 0.29) is 47.9 Å². The molecule has 0 spiro atoms. The molecule has 14 heteroatoms. The molecule has 2 aliphatic rings. The van der Waals surface area contributed by atoms with E-state index in [1.165, 1.54) is 51.4 Å². The summed E-state index contributed by atoms with van der Waals surface area (Å²) in [6, 6.07) is 6.72. The third-order valence-corrected chi connectivity index (χ3v) is 7.31. The predicted octanol–water partition coefficient (Wildman–Crippen LogP) is 4.46. The zero-order valence-electron chi connectivity index (χ0n) is 24.4. The number of esters is 1. The average Bonchev–Trinajstić information content (AvgIpc) is 3.76. The minimum Gasteiger partial charge on any atom is -0.469 e. The van der Waals surface area contributed by atoms with E-state index >= 15 is 0 Å². The number of ketones is 2. The Kier molecular flexibility index (Phi) is 9.17. The topological polar surface area (TPSA) is 208 Å². The summed E-state index contributed by atoms with van der Waals surface area (Å²) in [5.41, 5.74) is 3.63. The molecule has 0 aliphatic heterocycles. The summed E-state index contributed by atoms with van der Waals surface area (Å²) in [5.74, 6) is 0.848. The van der Waals surface area contributed by atoms with Gasteiger partial charge in [-0.2, -0.15) is 10.2 Å². The van der Waals surface area contributed by atoms with E-state index in [1.807, 2.05) is 12.1 Å². The van der Waals surface area contributed by atoms with Crippen molar-refractivity contribution in [3.63, 3.8) is 0 Å². The van der Waals surface area contributed by atoms with Gasteiger partial charge in [0.25, 0.3) is 11.8 Å². The third kappa shape index (κ3) is 7.96. The van der Waals surface area contributed by atoms with Crippen molar-refractivity contribution in [3.8, 4) is 0 Å². The molecule has 14 nitrogen and oxygen atoms in total. The minimum atomic E-state index is -0.359. The smallest absolute Gasteiger partial charge is 0.305 e. The highest BCUT2D eigenvalue weighted by molar-refractivity contribution is 6.06. The largest absolute Gasteiger partial charge is 0.469 e. The van der Waals surface area contributed by atoms with Crippen LogP contribution >= 0.6 is 0 Å². The molecule has 0 aromatic carbocycles. The Hall–Kier alpha value is -5.27. The number of hydrogen-bond donors (Lipinski definition) is 6. The predicted molar refractivity (Wildman–Crippen MR) is 159 cm³/mol. The first kappa shape index (κ1) is 30.2. The first-order valence-corrected chi connectivity index (χ1v) is 14.4. The first-order chi connectivity index (χ1) is 21.2. The number of methoxy groups -OCH3 is 1. The highest BCUT2D eigenvalue weighted by Gasteiger charge is 2.27. The van der Waals surface area contributed by atoms with Gasteiger partial charge in [0, 0.05) is 71.7 Å². The fourth-order valence-electron chi connectivity index (χ4n) is 4.43. The van der Waals surface area contributed by atoms with E-state index in [1.54, 1.807) is 0 Å². The molecule has 0 unspecified atom stereocenters. The molecular formula is C30H34N8O6. The van der Waals surface area contributed by atoms with Gasteiger partial charge in [-0.1, -0.05) is 0 Å². The van der Waals surface area contributed by atoms with E-state index in [4.69, 9.17) is 0 Å². The van der Waals surface area contributed by atoms with E-state index in [9.17, 15) is 24.0 Å². The second-order valence-corrected chi connectivity index (χ2v) is 10.9. The number of carbonyl (C=O) groups excluding carboxylic acids is 5. The molecule has 2 saturated carbocycles. The second kappa shape index (κ2) is 13.4. The summed E-state index contributed by atoms with van der Waals surface area (Å²) in [6.45, 7) is 1.46. The Morgan fingerprint density at radius 3 is 1.73 bits per heavy atom. The van der Waals surface area contributed by atoms with Crippen LogP contribution in [0.2, 0.25) is 0 Å². The molecule has 4 aromatic heterocycles. The van der Waals surface area contributed by atoms with Gasteiger partial charge in [-0.25, -0.2) is 0 Å². The average molecular weight is 603 g/mol. The summed E-state index contributed by atoms with van der Waals surface area (Å²) in [7, 11) is 1.31. The number of nitrogens with one attached hydrogen (secondary N) is 6. The summed E-state index contributed by atoms with van der Waals surface area (Å²) in [5, 5.41) is 19.3. The van der Waals surface area contributed by atoms with Crippen molar-refractivity contribution in [1.29, 1.82) is 0 Å². The molecule has 0 saturated heterocycles. The number of aromatic nitrogens is 6. The molecule has 2 amide bonds. The van der Waals surface area contributed by atoms with Crippen LogP contribution < -0.4 is 10.6 Å². The number of amides is 2. The third-order valence-electron chi connectivity index (χ3n) is 7.31. The number of aromatic amines is 4. The Morgan fingerprint density at radius 2 is 1.27 bits per heavy atom. The number of hydrogen-bond acceptors (Lipinski definition) is 8. The van der Waals surface area contributed by atoms with Crippen LogP contribution in [-0.2, 0) is 9.53 Å². The second-order valence-electron chi connectivity index (χ2n) is 10.9. The minimum absolute atomic E-state index is 0.0777. The van der Waals surface area contributed by atoms with Gasteiger partial charge >= 0.3 is 5.97 Å². The van der Waals surface area contributed by atoms with Crippen LogP contribution in [0.4, 0.5) is 11.6 Å². The quantitative estimate of drug-likeness (QED) is 0.100. The zero-order valence-corrected chi connectivity index (χ0v) is 24.4. The van der Waals surface area contributed by atoms with Crippen molar-refractivity contribution < 1.29 is 28.7 Å². The Balaban J connectivity index is 0.000000181. The van der Waals surface area contributed by atoms with Crippen molar-refractivity contribution in [2.45, 2.75) is 63.7 Å². The van der Waals surface area contributed by atoms with Crippen molar-refractivity contribution in [2.75, 3.05) is 17.7 Å². The Morgan fingerprint density at radius 1 is 0.773 bits per heavy atom. The van der Waals surface area contributed by atoms with E-state index in [0.717, 1.165) is 24.2 Å². The Labute approximate surface area is 252 Å². The van der Waals surface area contributed by atoms with Crippen LogP contribution in [0.5, 0.6) is 0 Å². The molecular weight excluding hydrogens is 568 g/mol. The van der Waals surface area contributed by atoms with Crippen molar-refractivity contribution >= 4 is 41.0 Å². The molecule has 2 fully saturated rings. The summed E-state index contributed by atoms with van der Waals surface area (Å²) >= 11 is 0. The molecule has 6 N–H and O–H groups in total. The Bertz CT molecular complexity index is 1670. The van der Waals surface area contributed by atoms with Crippen LogP contribution in [0.1, 0.15) is 117 Å². The number of nitrogens with zero attached hydrogens (tertiary/aromatic N) is 2. The highest BCUT2D eigenvalue weighted by Crippen LogP contribution is 2.40. The van der Waals surface area contributed by atoms with Crippen molar-refractivity contribution in [2.24, 2.45) is 0 Å². The number of ether oxygens (including phenoxy) is 1. The molecule has 230 valence electrons. The van der Waals surface area contributed by atoms with Gasteiger partial charge in [-0.05, 0) is 51.2 Å². The molecule has 44 heavy (non-hydrogen) atoms. The van der Waals surface area contributed by atoms with Gasteiger partial charge in [0.1, 0.15) is 11.4 Å². The number of H-pyrrole nitrogens is 4. The molecule has 0 bridgehead atoms. The van der Waals surface area contributed by atoms with Crippen LogP contribution in [-0.4, -0.2) is 66.8 Å². The normalized spacial score (nSPS) is 13.9. The van der Waals surface area contributed by atoms with Crippen molar-refractivity contribution in [1.82, 2.24) is 30.4 Å². The lowest BCUT2D eigenvalue weighted by Gasteiger charge is -1.99. The SMILES string of the molecule is CC(=O)c1c[nH]c(C(=O)Nc2cc(C3CC3)[nH]n2)c1.COC(=O)CCCC(=O)c1c[nH]c(C(=O)Nc2cc(C3CC3)[nH]n2)c1. The van der Waals surface area contributed by atoms with Gasteiger partial charge in [-0.3, -0.25) is 34.2 Å². The van der Waals surface area contributed by atoms with Crippen LogP contribution in [0.15, 0.2) is 36.7 Å². The molecule has 0 radical (unpaired) electrons. The number of Topliss-reactive ketones (excluding diaryl/α,β-unsaturated/α-hetero) is 2. The molecule has 4 heterocycles.